The van der Waals surface area contributed by atoms with Gasteiger partial charge in [0.1, 0.15) is 0 Å². The standard InChI is InChI=1S/C26H41N3O2S/c1-26(2)20-29(32(30,31)24-10-4-3-5-11-24)19-21-18-23(12-13-25(21)26)28-16-14-27(15-17-28)22-8-6-7-9-22/h12-13,18,22,24H,3-11,14-17,19-20H2,1-2H3. The molecule has 1 saturated heterocycles. The molecule has 5 rings (SSSR count). The Hall–Kier alpha value is -1.11. The molecule has 0 atom stereocenters. The number of rotatable bonds is 4. The second kappa shape index (κ2) is 8.92. The molecule has 178 valence electrons. The Balaban J connectivity index is 1.33. The van der Waals surface area contributed by atoms with Crippen LogP contribution in [0.15, 0.2) is 18.2 Å². The summed E-state index contributed by atoms with van der Waals surface area (Å²) in [6.45, 7) is 9.98. The van der Waals surface area contributed by atoms with Crippen molar-refractivity contribution in [3.63, 3.8) is 0 Å². The molecule has 1 aromatic carbocycles. The van der Waals surface area contributed by atoms with E-state index in [1.807, 2.05) is 4.31 Å². The van der Waals surface area contributed by atoms with E-state index in [1.165, 1.54) is 48.9 Å². The van der Waals surface area contributed by atoms with Crippen LogP contribution in [0.3, 0.4) is 0 Å². The van der Waals surface area contributed by atoms with Gasteiger partial charge >= 0.3 is 0 Å². The highest BCUT2D eigenvalue weighted by molar-refractivity contribution is 7.89. The van der Waals surface area contributed by atoms with Crippen LogP contribution in [-0.2, 0) is 22.0 Å². The Labute approximate surface area is 195 Å². The van der Waals surface area contributed by atoms with Crippen LogP contribution in [0, 0.1) is 0 Å². The van der Waals surface area contributed by atoms with Gasteiger partial charge in [0.15, 0.2) is 0 Å². The maximum Gasteiger partial charge on any atom is 0.217 e. The zero-order chi connectivity index (χ0) is 22.3. The average Bonchev–Trinajstić information content (AvgIpc) is 3.34. The van der Waals surface area contributed by atoms with Crippen LogP contribution in [0.4, 0.5) is 5.69 Å². The summed E-state index contributed by atoms with van der Waals surface area (Å²) in [6.07, 6.45) is 10.5. The molecule has 0 unspecified atom stereocenters. The van der Waals surface area contributed by atoms with Gasteiger partial charge < -0.3 is 4.90 Å². The van der Waals surface area contributed by atoms with E-state index in [9.17, 15) is 8.42 Å². The first kappa shape index (κ1) is 22.7. The molecule has 3 fully saturated rings. The van der Waals surface area contributed by atoms with Crippen LogP contribution in [0.25, 0.3) is 0 Å². The highest BCUT2D eigenvalue weighted by atomic mass is 32.2. The molecule has 0 aromatic heterocycles. The minimum atomic E-state index is -3.24. The third-order valence-corrected chi connectivity index (χ3v) is 10.9. The second-order valence-electron chi connectivity index (χ2n) is 11.3. The summed E-state index contributed by atoms with van der Waals surface area (Å²) in [5.74, 6) is 0. The number of nitrogens with zero attached hydrogens (tertiary/aromatic N) is 3. The molecule has 2 aliphatic heterocycles. The van der Waals surface area contributed by atoms with Gasteiger partial charge in [-0.05, 0) is 48.9 Å². The largest absolute Gasteiger partial charge is 0.369 e. The number of sulfonamides is 1. The molecule has 2 saturated carbocycles. The van der Waals surface area contributed by atoms with Gasteiger partial charge in [0, 0.05) is 56.4 Å². The average molecular weight is 460 g/mol. The minimum Gasteiger partial charge on any atom is -0.369 e. The van der Waals surface area contributed by atoms with Gasteiger partial charge in [-0.3, -0.25) is 4.90 Å². The number of piperazine rings is 1. The zero-order valence-electron chi connectivity index (χ0n) is 20.1. The summed E-state index contributed by atoms with van der Waals surface area (Å²) in [4.78, 5) is 5.21. The Bertz CT molecular complexity index is 909. The first-order valence-electron chi connectivity index (χ1n) is 13.0. The summed E-state index contributed by atoms with van der Waals surface area (Å²) < 4.78 is 28.8. The van der Waals surface area contributed by atoms with E-state index in [0.717, 1.165) is 57.9 Å². The molecule has 0 amide bonds. The maximum absolute atomic E-state index is 13.5. The molecule has 1 aromatic rings. The lowest BCUT2D eigenvalue weighted by Crippen LogP contribution is -2.50. The first-order valence-corrected chi connectivity index (χ1v) is 14.5. The van der Waals surface area contributed by atoms with Crippen molar-refractivity contribution in [2.24, 2.45) is 0 Å². The normalized spacial score (nSPS) is 26.4. The van der Waals surface area contributed by atoms with Crippen LogP contribution in [0.1, 0.15) is 82.8 Å². The number of anilines is 1. The van der Waals surface area contributed by atoms with E-state index in [1.54, 1.807) is 0 Å². The van der Waals surface area contributed by atoms with Gasteiger partial charge in [0.2, 0.25) is 10.0 Å². The van der Waals surface area contributed by atoms with Crippen molar-refractivity contribution in [1.29, 1.82) is 0 Å². The monoisotopic (exact) mass is 459 g/mol. The van der Waals surface area contributed by atoms with Crippen molar-refractivity contribution in [2.75, 3.05) is 37.6 Å². The molecule has 6 heteroatoms. The van der Waals surface area contributed by atoms with Crippen LogP contribution in [0.2, 0.25) is 0 Å². The fourth-order valence-corrected chi connectivity index (χ4v) is 8.88. The third kappa shape index (κ3) is 4.35. The predicted molar refractivity (Wildman–Crippen MR) is 132 cm³/mol. The first-order chi connectivity index (χ1) is 15.3. The molecule has 0 bridgehead atoms. The van der Waals surface area contributed by atoms with Gasteiger partial charge in [-0.1, -0.05) is 52.0 Å². The van der Waals surface area contributed by atoms with Gasteiger partial charge in [0.25, 0.3) is 0 Å². The number of fused-ring (bicyclic) bond motifs is 1. The molecular weight excluding hydrogens is 418 g/mol. The van der Waals surface area contributed by atoms with E-state index < -0.39 is 10.0 Å². The Morgan fingerprint density at radius 1 is 0.875 bits per heavy atom. The van der Waals surface area contributed by atoms with Crippen LogP contribution in [-0.4, -0.2) is 61.6 Å². The van der Waals surface area contributed by atoms with E-state index in [2.05, 4.69) is 41.8 Å². The van der Waals surface area contributed by atoms with Crippen molar-refractivity contribution < 1.29 is 8.42 Å². The highest BCUT2D eigenvalue weighted by Crippen LogP contribution is 2.39. The smallest absolute Gasteiger partial charge is 0.217 e. The summed E-state index contributed by atoms with van der Waals surface area (Å²) in [7, 11) is -3.24. The van der Waals surface area contributed by atoms with Crippen molar-refractivity contribution >= 4 is 15.7 Å². The van der Waals surface area contributed by atoms with Gasteiger partial charge in [-0.25, -0.2) is 8.42 Å². The van der Waals surface area contributed by atoms with Crippen LogP contribution in [0.5, 0.6) is 0 Å². The highest BCUT2D eigenvalue weighted by Gasteiger charge is 2.41. The fourth-order valence-electron chi connectivity index (χ4n) is 6.71. The molecule has 0 N–H and O–H groups in total. The SMILES string of the molecule is CC1(C)CN(S(=O)(=O)C2CCCCC2)Cc2cc(N3CCN(C4CCCC4)CC3)ccc21. The Kier molecular flexibility index (Phi) is 6.32. The van der Waals surface area contributed by atoms with Crippen molar-refractivity contribution in [1.82, 2.24) is 9.21 Å². The Morgan fingerprint density at radius 2 is 1.53 bits per heavy atom. The topological polar surface area (TPSA) is 43.9 Å². The number of hydrogen-bond donors (Lipinski definition) is 0. The Morgan fingerprint density at radius 3 is 2.22 bits per heavy atom. The second-order valence-corrected chi connectivity index (χ2v) is 13.5. The molecule has 32 heavy (non-hydrogen) atoms. The molecule has 2 heterocycles. The predicted octanol–water partition coefficient (Wildman–Crippen LogP) is 4.51. The summed E-state index contributed by atoms with van der Waals surface area (Å²) in [5.41, 5.74) is 3.63. The van der Waals surface area contributed by atoms with Gasteiger partial charge in [0.05, 0.1) is 5.25 Å². The van der Waals surface area contributed by atoms with E-state index >= 15 is 0 Å². The van der Waals surface area contributed by atoms with Crippen LogP contribution < -0.4 is 4.90 Å². The van der Waals surface area contributed by atoms with Gasteiger partial charge in [-0.2, -0.15) is 4.31 Å². The van der Waals surface area contributed by atoms with Crippen molar-refractivity contribution in [3.05, 3.63) is 29.3 Å². The van der Waals surface area contributed by atoms with Gasteiger partial charge in [-0.15, -0.1) is 0 Å². The lowest BCUT2D eigenvalue weighted by Gasteiger charge is -2.42. The fraction of sp³-hybridized carbons (Fsp3) is 0.769. The quantitative estimate of drug-likeness (QED) is 0.665. The molecule has 2 aliphatic carbocycles. The lowest BCUT2D eigenvalue weighted by atomic mass is 9.79. The number of hydrogen-bond acceptors (Lipinski definition) is 4. The van der Waals surface area contributed by atoms with Crippen molar-refractivity contribution in [3.8, 4) is 0 Å². The van der Waals surface area contributed by atoms with E-state index in [4.69, 9.17) is 0 Å². The summed E-state index contributed by atoms with van der Waals surface area (Å²) in [6, 6.07) is 7.65. The zero-order valence-corrected chi connectivity index (χ0v) is 20.9. The third-order valence-electron chi connectivity index (χ3n) is 8.59. The molecule has 5 nitrogen and oxygen atoms in total. The molecule has 0 spiro atoms. The van der Waals surface area contributed by atoms with E-state index in [0.29, 0.717) is 13.1 Å². The molecule has 0 radical (unpaired) electrons. The van der Waals surface area contributed by atoms with Crippen molar-refractivity contribution in [2.45, 2.75) is 94.9 Å². The summed E-state index contributed by atoms with van der Waals surface area (Å²) >= 11 is 0. The lowest BCUT2D eigenvalue weighted by molar-refractivity contribution is 0.187. The minimum absolute atomic E-state index is 0.158. The molecule has 4 aliphatic rings. The maximum atomic E-state index is 13.5. The van der Waals surface area contributed by atoms with Crippen LogP contribution >= 0.6 is 0 Å². The summed E-state index contributed by atoms with van der Waals surface area (Å²) in [5, 5.41) is -0.180. The number of benzene rings is 1. The van der Waals surface area contributed by atoms with E-state index in [-0.39, 0.29) is 10.7 Å². The molecular formula is C26H41N3O2S.